The first-order chi connectivity index (χ1) is 9.81. The Morgan fingerprint density at radius 2 is 2.10 bits per heavy atom. The van der Waals surface area contributed by atoms with E-state index in [1.165, 1.54) is 0 Å². The fourth-order valence-electron chi connectivity index (χ4n) is 2.90. The van der Waals surface area contributed by atoms with Gasteiger partial charge in [0.25, 0.3) is 0 Å². The Morgan fingerprint density at radius 1 is 1.38 bits per heavy atom. The molecule has 1 N–H and O–H groups in total. The van der Waals surface area contributed by atoms with Gasteiger partial charge in [-0.25, -0.2) is 4.39 Å². The van der Waals surface area contributed by atoms with Crippen molar-refractivity contribution in [3.8, 4) is 0 Å². The third-order valence-corrected chi connectivity index (χ3v) is 4.93. The molecule has 1 aromatic rings. The minimum absolute atomic E-state index is 0.120. The molecule has 1 saturated heterocycles. The highest BCUT2D eigenvalue weighted by molar-refractivity contribution is 9.10. The third kappa shape index (κ3) is 4.27. The lowest BCUT2D eigenvalue weighted by Crippen LogP contribution is -2.59. The van der Waals surface area contributed by atoms with Crippen LogP contribution in [0.3, 0.4) is 0 Å². The summed E-state index contributed by atoms with van der Waals surface area (Å²) in [4.78, 5) is 2.43. The summed E-state index contributed by atoms with van der Waals surface area (Å²) in [6, 6.07) is 6.29. The maximum Gasteiger partial charge on any atom is 0.128 e. The zero-order chi connectivity index (χ0) is 15.6. The van der Waals surface area contributed by atoms with Gasteiger partial charge in [-0.15, -0.1) is 0 Å². The molecule has 2 rings (SSSR count). The van der Waals surface area contributed by atoms with E-state index in [0.717, 1.165) is 29.5 Å². The van der Waals surface area contributed by atoms with Gasteiger partial charge in [0.15, 0.2) is 0 Å². The molecule has 0 amide bonds. The van der Waals surface area contributed by atoms with Crippen molar-refractivity contribution in [2.75, 3.05) is 13.1 Å². The van der Waals surface area contributed by atoms with Crippen molar-refractivity contribution >= 4 is 15.9 Å². The molecule has 2 atom stereocenters. The van der Waals surface area contributed by atoms with E-state index < -0.39 is 0 Å². The minimum atomic E-state index is -0.120. The Labute approximate surface area is 136 Å². The van der Waals surface area contributed by atoms with Crippen LogP contribution >= 0.6 is 15.9 Å². The molecule has 0 spiro atoms. The molecule has 2 unspecified atom stereocenters. The Hall–Kier alpha value is -0.450. The fourth-order valence-corrected chi connectivity index (χ4v) is 3.23. The van der Waals surface area contributed by atoms with Crippen LogP contribution in [-0.2, 0) is 6.54 Å². The Kier molecular flexibility index (Phi) is 5.44. The predicted molar refractivity (Wildman–Crippen MR) is 89.8 cm³/mol. The van der Waals surface area contributed by atoms with Crippen molar-refractivity contribution in [2.45, 2.75) is 52.7 Å². The van der Waals surface area contributed by atoms with Gasteiger partial charge in [0.2, 0.25) is 0 Å². The summed E-state index contributed by atoms with van der Waals surface area (Å²) in [7, 11) is 0. The number of nitrogens with one attached hydrogen (secondary N) is 1. The Bertz CT molecular complexity index is 484. The van der Waals surface area contributed by atoms with Gasteiger partial charge in [-0.05, 0) is 24.0 Å². The molecule has 0 saturated carbocycles. The van der Waals surface area contributed by atoms with Crippen LogP contribution in [0.1, 0.15) is 39.7 Å². The molecule has 0 aliphatic carbocycles. The van der Waals surface area contributed by atoms with Crippen molar-refractivity contribution < 1.29 is 4.39 Å². The van der Waals surface area contributed by atoms with Gasteiger partial charge in [0.05, 0.1) is 0 Å². The summed E-state index contributed by atoms with van der Waals surface area (Å²) in [6.07, 6.45) is 1.09. The van der Waals surface area contributed by atoms with E-state index in [0.29, 0.717) is 18.6 Å². The largest absolute Gasteiger partial charge is 0.311 e. The minimum Gasteiger partial charge on any atom is -0.311 e. The lowest BCUT2D eigenvalue weighted by molar-refractivity contribution is 0.0766. The first-order valence-electron chi connectivity index (χ1n) is 7.72. The van der Waals surface area contributed by atoms with Gasteiger partial charge in [0.1, 0.15) is 5.82 Å². The average Bonchev–Trinajstić information content (AvgIpc) is 2.41. The van der Waals surface area contributed by atoms with E-state index >= 15 is 0 Å². The van der Waals surface area contributed by atoms with Gasteiger partial charge in [-0.3, -0.25) is 4.90 Å². The predicted octanol–water partition coefficient (Wildman–Crippen LogP) is 4.19. The number of piperazine rings is 1. The number of halogens is 2. The molecule has 21 heavy (non-hydrogen) atoms. The summed E-state index contributed by atoms with van der Waals surface area (Å²) in [6.45, 7) is 11.6. The van der Waals surface area contributed by atoms with E-state index in [-0.39, 0.29) is 11.2 Å². The highest BCUT2D eigenvalue weighted by atomic mass is 79.9. The van der Waals surface area contributed by atoms with Gasteiger partial charge >= 0.3 is 0 Å². The van der Waals surface area contributed by atoms with Crippen molar-refractivity contribution in [3.05, 3.63) is 34.1 Å². The first-order valence-corrected chi connectivity index (χ1v) is 8.52. The van der Waals surface area contributed by atoms with Crippen molar-refractivity contribution in [3.63, 3.8) is 0 Å². The Balaban J connectivity index is 2.14. The SMILES string of the molecule is CCC1CNC(C(C)(C)C)CN1Cc1ccc(Br)cc1F. The van der Waals surface area contributed by atoms with Crippen LogP contribution in [-0.4, -0.2) is 30.1 Å². The molecule has 4 heteroatoms. The summed E-state index contributed by atoms with van der Waals surface area (Å²) in [5.74, 6) is -0.120. The summed E-state index contributed by atoms with van der Waals surface area (Å²) in [5, 5.41) is 3.66. The van der Waals surface area contributed by atoms with Gasteiger partial charge < -0.3 is 5.32 Å². The Morgan fingerprint density at radius 3 is 2.67 bits per heavy atom. The van der Waals surface area contributed by atoms with Crippen molar-refractivity contribution in [2.24, 2.45) is 5.41 Å². The average molecular weight is 357 g/mol. The van der Waals surface area contributed by atoms with E-state index in [2.05, 4.69) is 53.8 Å². The maximum atomic E-state index is 14.1. The number of nitrogens with zero attached hydrogens (tertiary/aromatic N) is 1. The summed E-state index contributed by atoms with van der Waals surface area (Å²) < 4.78 is 14.9. The molecule has 0 radical (unpaired) electrons. The first kappa shape index (κ1) is 16.9. The quantitative estimate of drug-likeness (QED) is 0.873. The highest BCUT2D eigenvalue weighted by Crippen LogP contribution is 2.26. The van der Waals surface area contributed by atoms with E-state index in [9.17, 15) is 4.39 Å². The van der Waals surface area contributed by atoms with Crippen LogP contribution in [0.5, 0.6) is 0 Å². The monoisotopic (exact) mass is 356 g/mol. The molecule has 1 aliphatic rings. The van der Waals surface area contributed by atoms with Crippen LogP contribution in [0.2, 0.25) is 0 Å². The number of rotatable bonds is 3. The highest BCUT2D eigenvalue weighted by Gasteiger charge is 2.33. The molecule has 0 aromatic heterocycles. The molecule has 1 heterocycles. The van der Waals surface area contributed by atoms with Crippen LogP contribution in [0, 0.1) is 11.2 Å². The van der Waals surface area contributed by atoms with Crippen LogP contribution in [0.4, 0.5) is 4.39 Å². The summed E-state index contributed by atoms with van der Waals surface area (Å²) in [5.41, 5.74) is 1.00. The lowest BCUT2D eigenvalue weighted by Gasteiger charge is -2.45. The molecule has 1 aromatic carbocycles. The fraction of sp³-hybridized carbons (Fsp3) is 0.647. The molecular weight excluding hydrogens is 331 g/mol. The van der Waals surface area contributed by atoms with E-state index in [4.69, 9.17) is 0 Å². The third-order valence-electron chi connectivity index (χ3n) is 4.44. The zero-order valence-electron chi connectivity index (χ0n) is 13.4. The molecule has 0 bridgehead atoms. The van der Waals surface area contributed by atoms with Crippen LogP contribution in [0.15, 0.2) is 22.7 Å². The van der Waals surface area contributed by atoms with Gasteiger partial charge in [-0.2, -0.15) is 0 Å². The lowest BCUT2D eigenvalue weighted by atomic mass is 9.84. The van der Waals surface area contributed by atoms with Crippen molar-refractivity contribution in [1.29, 1.82) is 0 Å². The topological polar surface area (TPSA) is 15.3 Å². The molecule has 1 aliphatic heterocycles. The zero-order valence-corrected chi connectivity index (χ0v) is 15.0. The van der Waals surface area contributed by atoms with E-state index in [1.54, 1.807) is 6.07 Å². The van der Waals surface area contributed by atoms with Crippen LogP contribution in [0.25, 0.3) is 0 Å². The molecule has 1 fully saturated rings. The molecule has 2 nitrogen and oxygen atoms in total. The van der Waals surface area contributed by atoms with Gasteiger partial charge in [0, 0.05) is 41.8 Å². The standard InChI is InChI=1S/C17H26BrFN2/c1-5-14-9-20-16(17(2,3)4)11-21(14)10-12-6-7-13(18)8-15(12)19/h6-8,14,16,20H,5,9-11H2,1-4H3. The normalized spacial score (nSPS) is 24.3. The number of benzene rings is 1. The smallest absolute Gasteiger partial charge is 0.128 e. The van der Waals surface area contributed by atoms with Crippen molar-refractivity contribution in [1.82, 2.24) is 10.2 Å². The van der Waals surface area contributed by atoms with Gasteiger partial charge in [-0.1, -0.05) is 49.7 Å². The second-order valence-corrected chi connectivity index (χ2v) is 7.97. The number of hydrogen-bond acceptors (Lipinski definition) is 2. The van der Waals surface area contributed by atoms with Crippen LogP contribution < -0.4 is 5.32 Å². The van der Waals surface area contributed by atoms with E-state index in [1.807, 2.05) is 12.1 Å². The second-order valence-electron chi connectivity index (χ2n) is 7.05. The second kappa shape index (κ2) is 6.76. The molecule has 118 valence electrons. The molecular formula is C17H26BrFN2. The maximum absolute atomic E-state index is 14.1. The number of hydrogen-bond donors (Lipinski definition) is 1. The summed E-state index contributed by atoms with van der Waals surface area (Å²) >= 11 is 3.32.